The van der Waals surface area contributed by atoms with Gasteiger partial charge in [0.05, 0.1) is 11.3 Å². The van der Waals surface area contributed by atoms with Crippen LogP contribution in [0, 0.1) is 0 Å². The fraction of sp³-hybridized carbons (Fsp3) is 0.0625. The van der Waals surface area contributed by atoms with Gasteiger partial charge >= 0.3 is 0 Å². The third-order valence-electron chi connectivity index (χ3n) is 3.69. The maximum atomic E-state index is 12.6. The molecule has 0 bridgehead atoms. The number of hydrogen-bond donors (Lipinski definition) is 1. The molecule has 0 aliphatic rings. The van der Waals surface area contributed by atoms with Gasteiger partial charge in [0.25, 0.3) is 5.91 Å². The molecule has 22 heavy (non-hydrogen) atoms. The lowest BCUT2D eigenvalue weighted by atomic mass is 10.1. The minimum Gasteiger partial charge on any atom is -0.350 e. The van der Waals surface area contributed by atoms with Gasteiger partial charge in [-0.1, -0.05) is 18.2 Å². The van der Waals surface area contributed by atoms with Gasteiger partial charge in [-0.15, -0.1) is 10.2 Å². The predicted octanol–water partition coefficient (Wildman–Crippen LogP) is 2.47. The van der Waals surface area contributed by atoms with Crippen molar-refractivity contribution in [3.63, 3.8) is 0 Å². The number of para-hydroxylation sites is 1. The van der Waals surface area contributed by atoms with Crippen LogP contribution in [0.25, 0.3) is 16.6 Å². The molecule has 0 unspecified atom stereocenters. The zero-order valence-electron chi connectivity index (χ0n) is 11.9. The lowest BCUT2D eigenvalue weighted by Gasteiger charge is -2.04. The molecule has 4 rings (SSSR count). The van der Waals surface area contributed by atoms with E-state index in [4.69, 9.17) is 0 Å². The van der Waals surface area contributed by atoms with Crippen LogP contribution < -0.4 is 5.32 Å². The van der Waals surface area contributed by atoms with E-state index < -0.39 is 0 Å². The Morgan fingerprint density at radius 2 is 2.00 bits per heavy atom. The molecule has 0 radical (unpaired) electrons. The second-order valence-electron chi connectivity index (χ2n) is 5.14. The molecule has 1 aromatic carbocycles. The largest absolute Gasteiger partial charge is 0.350 e. The maximum Gasteiger partial charge on any atom is 0.257 e. The number of benzene rings is 1. The molecule has 3 aromatic heterocycles. The molecule has 0 atom stereocenters. The normalized spacial score (nSPS) is 11.1. The molecule has 1 N–H and O–H groups in total. The van der Waals surface area contributed by atoms with Crippen molar-refractivity contribution in [2.24, 2.45) is 7.05 Å². The highest BCUT2D eigenvalue weighted by Gasteiger charge is 2.13. The van der Waals surface area contributed by atoms with Crippen molar-refractivity contribution < 1.29 is 4.79 Å². The number of nitrogens with zero attached hydrogens (tertiary/aromatic N) is 4. The molecule has 3 heterocycles. The molecule has 4 aromatic rings. The first-order valence-electron chi connectivity index (χ1n) is 6.87. The van der Waals surface area contributed by atoms with Gasteiger partial charge in [-0.25, -0.2) is 0 Å². The molecule has 0 spiro atoms. The number of hydrogen-bond acceptors (Lipinski definition) is 3. The number of fused-ring (bicyclic) bond motifs is 2. The number of rotatable bonds is 2. The lowest BCUT2D eigenvalue weighted by Crippen LogP contribution is -2.11. The van der Waals surface area contributed by atoms with Gasteiger partial charge < -0.3 is 9.88 Å². The third kappa shape index (κ3) is 1.93. The first-order valence-corrected chi connectivity index (χ1v) is 6.87. The Bertz CT molecular complexity index is 998. The smallest absolute Gasteiger partial charge is 0.257 e. The van der Waals surface area contributed by atoms with Gasteiger partial charge in [0.15, 0.2) is 5.65 Å². The Hall–Kier alpha value is -3.15. The summed E-state index contributed by atoms with van der Waals surface area (Å²) in [4.78, 5) is 12.6. The van der Waals surface area contributed by atoms with E-state index in [0.29, 0.717) is 11.3 Å². The topological polar surface area (TPSA) is 64.2 Å². The summed E-state index contributed by atoms with van der Waals surface area (Å²) in [6.07, 6.45) is 5.23. The van der Waals surface area contributed by atoms with Crippen LogP contribution in [0.2, 0.25) is 0 Å². The van der Waals surface area contributed by atoms with Crippen molar-refractivity contribution in [3.05, 3.63) is 60.7 Å². The number of aryl methyl sites for hydroxylation is 1. The molecule has 6 nitrogen and oxygen atoms in total. The van der Waals surface area contributed by atoms with E-state index in [1.807, 2.05) is 54.2 Å². The number of pyridine rings is 1. The van der Waals surface area contributed by atoms with E-state index in [1.54, 1.807) is 16.9 Å². The van der Waals surface area contributed by atoms with E-state index in [-0.39, 0.29) is 5.91 Å². The summed E-state index contributed by atoms with van der Waals surface area (Å²) in [6.45, 7) is 0. The van der Waals surface area contributed by atoms with E-state index in [0.717, 1.165) is 16.6 Å². The van der Waals surface area contributed by atoms with Crippen LogP contribution in [0.1, 0.15) is 10.4 Å². The van der Waals surface area contributed by atoms with Crippen LogP contribution in [-0.2, 0) is 7.05 Å². The Morgan fingerprint density at radius 3 is 2.91 bits per heavy atom. The molecule has 0 aliphatic heterocycles. The fourth-order valence-corrected chi connectivity index (χ4v) is 2.62. The summed E-state index contributed by atoms with van der Waals surface area (Å²) >= 11 is 0. The van der Waals surface area contributed by atoms with E-state index in [2.05, 4.69) is 15.5 Å². The van der Waals surface area contributed by atoms with Crippen molar-refractivity contribution in [3.8, 4) is 0 Å². The van der Waals surface area contributed by atoms with Crippen LogP contribution in [0.3, 0.4) is 0 Å². The summed E-state index contributed by atoms with van der Waals surface area (Å²) in [5.74, 6) is -0.135. The first-order chi connectivity index (χ1) is 10.7. The van der Waals surface area contributed by atoms with Gasteiger partial charge in [0, 0.05) is 30.3 Å². The summed E-state index contributed by atoms with van der Waals surface area (Å²) < 4.78 is 3.71. The standard InChI is InChI=1S/C16H13N5O/c1-20-9-13(12-4-2-3-5-14(12)20)16(22)18-11-6-7-15-19-17-10-21(15)8-11/h2-10H,1H3,(H,18,22). The average molecular weight is 291 g/mol. The first kappa shape index (κ1) is 12.6. The monoisotopic (exact) mass is 291 g/mol. The zero-order valence-corrected chi connectivity index (χ0v) is 11.9. The molecule has 108 valence electrons. The minimum absolute atomic E-state index is 0.135. The fourth-order valence-electron chi connectivity index (χ4n) is 2.62. The Labute approximate surface area is 126 Å². The van der Waals surface area contributed by atoms with E-state index in [1.165, 1.54) is 0 Å². The minimum atomic E-state index is -0.135. The van der Waals surface area contributed by atoms with Gasteiger partial charge in [0.2, 0.25) is 0 Å². The number of amides is 1. The van der Waals surface area contributed by atoms with Gasteiger partial charge in [-0.2, -0.15) is 0 Å². The number of aromatic nitrogens is 4. The highest BCUT2D eigenvalue weighted by atomic mass is 16.1. The van der Waals surface area contributed by atoms with Crippen molar-refractivity contribution in [2.75, 3.05) is 5.32 Å². The van der Waals surface area contributed by atoms with Crippen LogP contribution in [-0.4, -0.2) is 25.1 Å². The van der Waals surface area contributed by atoms with Crippen molar-refractivity contribution in [1.29, 1.82) is 0 Å². The average Bonchev–Trinajstić information content (AvgIpc) is 3.12. The quantitative estimate of drug-likeness (QED) is 0.617. The summed E-state index contributed by atoms with van der Waals surface area (Å²) in [7, 11) is 1.93. The Kier molecular flexibility index (Phi) is 2.69. The lowest BCUT2D eigenvalue weighted by molar-refractivity contribution is 0.102. The molecular weight excluding hydrogens is 278 g/mol. The van der Waals surface area contributed by atoms with Crippen LogP contribution in [0.4, 0.5) is 5.69 Å². The molecule has 0 aliphatic carbocycles. The summed E-state index contributed by atoms with van der Waals surface area (Å²) in [5, 5.41) is 11.6. The second-order valence-corrected chi connectivity index (χ2v) is 5.14. The Morgan fingerprint density at radius 1 is 1.14 bits per heavy atom. The van der Waals surface area contributed by atoms with Crippen molar-refractivity contribution >= 4 is 28.1 Å². The van der Waals surface area contributed by atoms with Crippen molar-refractivity contribution in [2.45, 2.75) is 0 Å². The molecule has 0 fully saturated rings. The Balaban J connectivity index is 1.71. The summed E-state index contributed by atoms with van der Waals surface area (Å²) in [5.41, 5.74) is 3.12. The molecule has 6 heteroatoms. The van der Waals surface area contributed by atoms with Gasteiger partial charge in [-0.3, -0.25) is 9.20 Å². The van der Waals surface area contributed by atoms with Gasteiger partial charge in [-0.05, 0) is 18.2 Å². The molecular formula is C16H13N5O. The molecule has 1 amide bonds. The number of nitrogens with one attached hydrogen (secondary N) is 1. The van der Waals surface area contributed by atoms with Crippen LogP contribution in [0.15, 0.2) is 55.1 Å². The highest BCUT2D eigenvalue weighted by molar-refractivity contribution is 6.12. The highest BCUT2D eigenvalue weighted by Crippen LogP contribution is 2.21. The number of carbonyl (C=O) groups is 1. The second kappa shape index (κ2) is 4.70. The third-order valence-corrected chi connectivity index (χ3v) is 3.69. The predicted molar refractivity (Wildman–Crippen MR) is 83.9 cm³/mol. The van der Waals surface area contributed by atoms with Crippen molar-refractivity contribution in [1.82, 2.24) is 19.2 Å². The van der Waals surface area contributed by atoms with Gasteiger partial charge in [0.1, 0.15) is 6.33 Å². The number of anilines is 1. The van der Waals surface area contributed by atoms with E-state index in [9.17, 15) is 4.79 Å². The van der Waals surface area contributed by atoms with Crippen LogP contribution in [0.5, 0.6) is 0 Å². The SMILES string of the molecule is Cn1cc(C(=O)Nc2ccc3nncn3c2)c2ccccc21. The molecule has 0 saturated heterocycles. The summed E-state index contributed by atoms with van der Waals surface area (Å²) in [6, 6.07) is 11.5. The zero-order chi connectivity index (χ0) is 15.1. The maximum absolute atomic E-state index is 12.6. The van der Waals surface area contributed by atoms with Crippen LogP contribution >= 0.6 is 0 Å². The molecule has 0 saturated carbocycles. The number of carbonyl (C=O) groups excluding carboxylic acids is 1. The van der Waals surface area contributed by atoms with E-state index >= 15 is 0 Å².